The van der Waals surface area contributed by atoms with Gasteiger partial charge in [0.25, 0.3) is 27.5 Å². The predicted octanol–water partition coefficient (Wildman–Crippen LogP) is 3.97. The maximum Gasteiger partial charge on any atom is 0.293 e. The fraction of sp³-hybridized carbons (Fsp3) is 0.100. The van der Waals surface area contributed by atoms with Crippen LogP contribution in [0.5, 0.6) is 11.5 Å². The molecule has 4 aromatic rings. The molecular weight excluding hydrogens is 590 g/mol. The first kappa shape index (κ1) is 31.2. The molecule has 0 heterocycles. The number of nitro benzene ring substituents is 1. The number of carbonyl (C=O) groups excluding carboxylic acids is 2. The van der Waals surface area contributed by atoms with Crippen molar-refractivity contribution in [1.29, 1.82) is 0 Å². The number of hydrogen-bond donors (Lipinski definition) is 2. The van der Waals surface area contributed by atoms with Crippen LogP contribution in [0.2, 0.25) is 0 Å². The van der Waals surface area contributed by atoms with Crippen LogP contribution in [0.3, 0.4) is 0 Å². The summed E-state index contributed by atoms with van der Waals surface area (Å²) >= 11 is 0. The molecule has 2 N–H and O–H groups in total. The molecular formula is C30H27N5O8S. The Morgan fingerprint density at radius 1 is 0.886 bits per heavy atom. The summed E-state index contributed by atoms with van der Waals surface area (Å²) in [7, 11) is -2.80. The first-order valence-corrected chi connectivity index (χ1v) is 14.4. The topological polar surface area (TPSA) is 170 Å². The summed E-state index contributed by atoms with van der Waals surface area (Å²) < 4.78 is 38.1. The average Bonchev–Trinajstić information content (AvgIpc) is 3.04. The summed E-state index contributed by atoms with van der Waals surface area (Å²) in [6.07, 6.45) is 1.32. The van der Waals surface area contributed by atoms with Gasteiger partial charge in [0.15, 0.2) is 6.61 Å². The number of benzene rings is 4. The highest BCUT2D eigenvalue weighted by molar-refractivity contribution is 7.92. The summed E-state index contributed by atoms with van der Waals surface area (Å²) in [6.45, 7) is -0.998. The van der Waals surface area contributed by atoms with Crippen molar-refractivity contribution in [2.75, 3.05) is 29.9 Å². The monoisotopic (exact) mass is 617 g/mol. The van der Waals surface area contributed by atoms with Gasteiger partial charge in [-0.1, -0.05) is 30.3 Å². The second-order valence-corrected chi connectivity index (χ2v) is 10.9. The van der Waals surface area contributed by atoms with Gasteiger partial charge in [-0.3, -0.25) is 19.7 Å². The molecule has 0 aromatic heterocycles. The van der Waals surface area contributed by atoms with Gasteiger partial charge >= 0.3 is 0 Å². The van der Waals surface area contributed by atoms with E-state index >= 15 is 0 Å². The Morgan fingerprint density at radius 3 is 2.18 bits per heavy atom. The van der Waals surface area contributed by atoms with Crippen molar-refractivity contribution in [3.05, 3.63) is 119 Å². The molecule has 0 aliphatic carbocycles. The zero-order valence-corrected chi connectivity index (χ0v) is 24.1. The quantitative estimate of drug-likeness (QED) is 0.129. The zero-order chi connectivity index (χ0) is 31.5. The first-order valence-electron chi connectivity index (χ1n) is 13.0. The van der Waals surface area contributed by atoms with E-state index in [1.807, 2.05) is 0 Å². The second-order valence-electron chi connectivity index (χ2n) is 9.00. The van der Waals surface area contributed by atoms with Crippen molar-refractivity contribution >= 4 is 45.1 Å². The number of nitro groups is 1. The predicted molar refractivity (Wildman–Crippen MR) is 163 cm³/mol. The van der Waals surface area contributed by atoms with Crippen LogP contribution < -0.4 is 24.5 Å². The number of rotatable bonds is 13. The fourth-order valence-electron chi connectivity index (χ4n) is 3.86. The normalized spacial score (nSPS) is 11.0. The van der Waals surface area contributed by atoms with Gasteiger partial charge in [-0.25, -0.2) is 18.1 Å². The molecule has 44 heavy (non-hydrogen) atoms. The van der Waals surface area contributed by atoms with Gasteiger partial charge in [-0.2, -0.15) is 5.10 Å². The van der Waals surface area contributed by atoms with Gasteiger partial charge in [-0.05, 0) is 72.3 Å². The standard InChI is InChI=1S/C30H27N5O8S/c1-42-24-17-13-23(14-18-24)32-30(37)21-43-25-15-11-22(12-16-25)19-31-33-29(36)20-34(27-9-5-6-10-28(27)35(38)39)44(40,41)26-7-3-2-4-8-26/h2-19H,20-21H2,1H3,(H,32,37)(H,33,36)/b31-19-. The number of sulfonamides is 1. The molecule has 0 aliphatic rings. The Bertz CT molecular complexity index is 1750. The van der Waals surface area contributed by atoms with Crippen LogP contribution in [0.1, 0.15) is 5.56 Å². The van der Waals surface area contributed by atoms with E-state index in [-0.39, 0.29) is 23.1 Å². The molecule has 0 saturated heterocycles. The van der Waals surface area contributed by atoms with Gasteiger partial charge in [-0.15, -0.1) is 0 Å². The highest BCUT2D eigenvalue weighted by atomic mass is 32.2. The summed E-state index contributed by atoms with van der Waals surface area (Å²) in [5.41, 5.74) is 2.66. The third-order valence-corrected chi connectivity index (χ3v) is 7.77. The number of nitrogens with zero attached hydrogens (tertiary/aromatic N) is 3. The lowest BCUT2D eigenvalue weighted by Crippen LogP contribution is -2.39. The van der Waals surface area contributed by atoms with Crippen LogP contribution >= 0.6 is 0 Å². The van der Waals surface area contributed by atoms with Crippen LogP contribution in [0, 0.1) is 10.1 Å². The third-order valence-electron chi connectivity index (χ3n) is 5.99. The lowest BCUT2D eigenvalue weighted by atomic mass is 10.2. The SMILES string of the molecule is COc1ccc(NC(=O)COc2ccc(/C=N\NC(=O)CN(c3ccccc3[N+](=O)[O-])S(=O)(=O)c3ccccc3)cc2)cc1. The van der Waals surface area contributed by atoms with Crippen molar-refractivity contribution in [3.63, 3.8) is 0 Å². The van der Waals surface area contributed by atoms with Crippen LogP contribution in [0.15, 0.2) is 113 Å². The highest BCUT2D eigenvalue weighted by Crippen LogP contribution is 2.32. The maximum atomic E-state index is 13.4. The van der Waals surface area contributed by atoms with Crippen molar-refractivity contribution < 1.29 is 32.4 Å². The smallest absolute Gasteiger partial charge is 0.293 e. The van der Waals surface area contributed by atoms with Crippen LogP contribution in [-0.4, -0.2) is 51.6 Å². The van der Waals surface area contributed by atoms with Crippen LogP contribution in [0.25, 0.3) is 0 Å². The molecule has 14 heteroatoms. The van der Waals surface area contributed by atoms with Gasteiger partial charge in [0.1, 0.15) is 23.7 Å². The van der Waals surface area contributed by atoms with Gasteiger partial charge < -0.3 is 14.8 Å². The third kappa shape index (κ3) is 8.17. The molecule has 2 amide bonds. The number of hydrogen-bond acceptors (Lipinski definition) is 9. The maximum absolute atomic E-state index is 13.4. The molecule has 0 unspecified atom stereocenters. The highest BCUT2D eigenvalue weighted by Gasteiger charge is 2.31. The van der Waals surface area contributed by atoms with Crippen LogP contribution in [0.4, 0.5) is 17.1 Å². The van der Waals surface area contributed by atoms with E-state index in [0.717, 1.165) is 6.07 Å². The minimum Gasteiger partial charge on any atom is -0.497 e. The number of methoxy groups -OCH3 is 1. The van der Waals surface area contributed by atoms with E-state index in [9.17, 15) is 28.1 Å². The lowest BCUT2D eigenvalue weighted by molar-refractivity contribution is -0.384. The molecule has 0 bridgehead atoms. The molecule has 0 radical (unpaired) electrons. The average molecular weight is 618 g/mol. The van der Waals surface area contributed by atoms with Crippen molar-refractivity contribution in [2.45, 2.75) is 4.90 Å². The van der Waals surface area contributed by atoms with E-state index in [0.29, 0.717) is 27.1 Å². The van der Waals surface area contributed by atoms with Crippen molar-refractivity contribution in [2.24, 2.45) is 5.10 Å². The zero-order valence-electron chi connectivity index (χ0n) is 23.3. The Kier molecular flexibility index (Phi) is 10.2. The van der Waals surface area contributed by atoms with E-state index in [1.54, 1.807) is 61.7 Å². The van der Waals surface area contributed by atoms with Gasteiger partial charge in [0.2, 0.25) is 0 Å². The molecule has 13 nitrogen and oxygen atoms in total. The van der Waals surface area contributed by atoms with Gasteiger partial charge in [0, 0.05) is 11.8 Å². The molecule has 0 aliphatic heterocycles. The number of para-hydroxylation sites is 2. The number of hydrazone groups is 1. The molecule has 4 aromatic carbocycles. The Balaban J connectivity index is 1.37. The Hall–Kier alpha value is -5.76. The van der Waals surface area contributed by atoms with E-state index in [4.69, 9.17) is 9.47 Å². The molecule has 0 fully saturated rings. The fourth-order valence-corrected chi connectivity index (χ4v) is 5.32. The number of ether oxygens (including phenoxy) is 2. The van der Waals surface area contributed by atoms with Crippen molar-refractivity contribution in [1.82, 2.24) is 5.43 Å². The molecule has 0 saturated carbocycles. The number of nitrogens with one attached hydrogen (secondary N) is 2. The largest absolute Gasteiger partial charge is 0.497 e. The van der Waals surface area contributed by atoms with Gasteiger partial charge in [0.05, 0.1) is 23.1 Å². The first-order chi connectivity index (χ1) is 21.2. The van der Waals surface area contributed by atoms with E-state index < -0.39 is 33.1 Å². The van der Waals surface area contributed by atoms with Crippen LogP contribution in [-0.2, 0) is 19.6 Å². The minimum absolute atomic E-state index is 0.144. The number of amides is 2. The van der Waals surface area contributed by atoms with E-state index in [1.165, 1.54) is 48.7 Å². The lowest BCUT2D eigenvalue weighted by Gasteiger charge is -2.23. The molecule has 0 atom stereocenters. The van der Waals surface area contributed by atoms with Crippen molar-refractivity contribution in [3.8, 4) is 11.5 Å². The summed E-state index contributed by atoms with van der Waals surface area (Å²) in [5.74, 6) is -0.101. The molecule has 0 spiro atoms. The number of anilines is 2. The minimum atomic E-state index is -4.35. The summed E-state index contributed by atoms with van der Waals surface area (Å²) in [6, 6.07) is 25.8. The summed E-state index contributed by atoms with van der Waals surface area (Å²) in [5, 5.41) is 18.2. The Labute approximate surface area is 252 Å². The molecule has 4 rings (SSSR count). The summed E-state index contributed by atoms with van der Waals surface area (Å²) in [4.78, 5) is 35.7. The number of carbonyl (C=O) groups is 2. The molecule has 226 valence electrons. The second kappa shape index (κ2) is 14.4. The van der Waals surface area contributed by atoms with E-state index in [2.05, 4.69) is 15.8 Å². The Morgan fingerprint density at radius 2 is 1.52 bits per heavy atom.